The van der Waals surface area contributed by atoms with Gasteiger partial charge in [-0.2, -0.15) is 0 Å². The molecule has 1 aromatic heterocycles. The molecular formula is C20H25ClN2O4. The Morgan fingerprint density at radius 1 is 1.15 bits per heavy atom. The molecule has 27 heavy (non-hydrogen) atoms. The molecule has 0 saturated heterocycles. The number of carbonyl (C=O) groups is 1. The minimum Gasteiger partial charge on any atom is -0.493 e. The van der Waals surface area contributed by atoms with Crippen LogP contribution < -0.4 is 9.47 Å². The van der Waals surface area contributed by atoms with E-state index in [2.05, 4.69) is 4.98 Å². The number of aliphatic hydroxyl groups is 1. The van der Waals surface area contributed by atoms with Gasteiger partial charge in [0.2, 0.25) is 5.91 Å². The van der Waals surface area contributed by atoms with Gasteiger partial charge in [-0.3, -0.25) is 9.78 Å². The standard InChI is InChI=1S/C20H24N2O4.ClH/c1-22(9-8-15-4-6-18(25-2)19(11-15)26-3)20(24)7-5-16-10-17(14-23)13-21-12-16;/h4-7,10-13,23H,8-9,14H2,1-3H3;1H/b7-5+;. The third kappa shape index (κ3) is 6.58. The number of methoxy groups -OCH3 is 2. The van der Waals surface area contributed by atoms with Crippen molar-refractivity contribution in [2.24, 2.45) is 0 Å². The zero-order chi connectivity index (χ0) is 18.9. The first kappa shape index (κ1) is 22.5. The van der Waals surface area contributed by atoms with Crippen molar-refractivity contribution >= 4 is 24.4 Å². The van der Waals surface area contributed by atoms with E-state index in [0.717, 1.165) is 11.1 Å². The van der Waals surface area contributed by atoms with Crippen LogP contribution in [-0.4, -0.2) is 48.7 Å². The van der Waals surface area contributed by atoms with Crippen molar-refractivity contribution in [2.75, 3.05) is 27.8 Å². The van der Waals surface area contributed by atoms with Gasteiger partial charge in [0, 0.05) is 32.1 Å². The van der Waals surface area contributed by atoms with Gasteiger partial charge < -0.3 is 19.5 Å². The summed E-state index contributed by atoms with van der Waals surface area (Å²) in [6, 6.07) is 7.53. The van der Waals surface area contributed by atoms with E-state index in [1.807, 2.05) is 18.2 Å². The Labute approximate surface area is 165 Å². The fourth-order valence-corrected chi connectivity index (χ4v) is 2.42. The van der Waals surface area contributed by atoms with Gasteiger partial charge in [-0.25, -0.2) is 0 Å². The van der Waals surface area contributed by atoms with Crippen LogP contribution in [0.2, 0.25) is 0 Å². The molecular weight excluding hydrogens is 368 g/mol. The maximum absolute atomic E-state index is 12.2. The summed E-state index contributed by atoms with van der Waals surface area (Å²) in [7, 11) is 4.96. The Kier molecular flexibility index (Phi) is 9.33. The minimum absolute atomic E-state index is 0. The highest BCUT2D eigenvalue weighted by atomic mass is 35.5. The Morgan fingerprint density at radius 2 is 1.89 bits per heavy atom. The predicted molar refractivity (Wildman–Crippen MR) is 107 cm³/mol. The van der Waals surface area contributed by atoms with Crippen LogP contribution in [-0.2, 0) is 17.8 Å². The summed E-state index contributed by atoms with van der Waals surface area (Å²) in [5.74, 6) is 1.26. The molecule has 0 saturated carbocycles. The molecule has 6 nitrogen and oxygen atoms in total. The topological polar surface area (TPSA) is 71.9 Å². The zero-order valence-corrected chi connectivity index (χ0v) is 16.5. The quantitative estimate of drug-likeness (QED) is 0.699. The van der Waals surface area contributed by atoms with Gasteiger partial charge >= 0.3 is 0 Å². The lowest BCUT2D eigenvalue weighted by atomic mass is 10.1. The molecule has 1 heterocycles. The fourth-order valence-electron chi connectivity index (χ4n) is 2.42. The molecule has 0 spiro atoms. The molecule has 0 fully saturated rings. The van der Waals surface area contributed by atoms with E-state index in [1.54, 1.807) is 50.7 Å². The van der Waals surface area contributed by atoms with Crippen molar-refractivity contribution in [1.82, 2.24) is 9.88 Å². The number of aliphatic hydroxyl groups excluding tert-OH is 1. The van der Waals surface area contributed by atoms with Crippen molar-refractivity contribution in [1.29, 1.82) is 0 Å². The van der Waals surface area contributed by atoms with Gasteiger partial charge in [0.25, 0.3) is 0 Å². The van der Waals surface area contributed by atoms with E-state index < -0.39 is 0 Å². The molecule has 1 N–H and O–H groups in total. The fraction of sp³-hybridized carbons (Fsp3) is 0.300. The number of benzene rings is 1. The molecule has 146 valence electrons. The Balaban J connectivity index is 0.00000364. The number of amides is 1. The van der Waals surface area contributed by atoms with Crippen LogP contribution in [0.5, 0.6) is 11.5 Å². The van der Waals surface area contributed by atoms with E-state index in [4.69, 9.17) is 14.6 Å². The number of aromatic nitrogens is 1. The van der Waals surface area contributed by atoms with Crippen LogP contribution in [0.4, 0.5) is 0 Å². The third-order valence-corrected chi connectivity index (χ3v) is 3.98. The van der Waals surface area contributed by atoms with E-state index in [9.17, 15) is 4.79 Å². The number of carbonyl (C=O) groups excluding carboxylic acids is 1. The summed E-state index contributed by atoms with van der Waals surface area (Å²) >= 11 is 0. The minimum atomic E-state index is -0.0973. The van der Waals surface area contributed by atoms with Gasteiger partial charge in [-0.05, 0) is 47.4 Å². The maximum atomic E-state index is 12.2. The molecule has 0 aliphatic heterocycles. The zero-order valence-electron chi connectivity index (χ0n) is 15.7. The first-order chi connectivity index (χ1) is 12.6. The highest BCUT2D eigenvalue weighted by molar-refractivity contribution is 5.91. The van der Waals surface area contributed by atoms with Crippen molar-refractivity contribution in [3.8, 4) is 11.5 Å². The van der Waals surface area contributed by atoms with Crippen LogP contribution in [0.1, 0.15) is 16.7 Å². The van der Waals surface area contributed by atoms with Crippen molar-refractivity contribution in [3.05, 3.63) is 59.4 Å². The lowest BCUT2D eigenvalue weighted by Gasteiger charge is -2.16. The number of hydrogen-bond donors (Lipinski definition) is 1. The maximum Gasteiger partial charge on any atom is 0.246 e. The molecule has 7 heteroatoms. The van der Waals surface area contributed by atoms with Crippen LogP contribution in [0, 0.1) is 0 Å². The predicted octanol–water partition coefficient (Wildman–Crippen LogP) is 2.73. The Morgan fingerprint density at radius 3 is 2.56 bits per heavy atom. The summed E-state index contributed by atoms with van der Waals surface area (Å²) in [5, 5.41) is 9.12. The molecule has 0 aliphatic carbocycles. The van der Waals surface area contributed by atoms with Crippen molar-refractivity contribution in [2.45, 2.75) is 13.0 Å². The number of rotatable bonds is 8. The molecule has 2 rings (SSSR count). The summed E-state index contributed by atoms with van der Waals surface area (Å²) in [6.07, 6.45) is 7.15. The van der Waals surface area contributed by atoms with Crippen LogP contribution >= 0.6 is 12.4 Å². The van der Waals surface area contributed by atoms with E-state index in [0.29, 0.717) is 30.0 Å². The average Bonchev–Trinajstić information content (AvgIpc) is 2.69. The molecule has 1 amide bonds. The van der Waals surface area contributed by atoms with Gasteiger partial charge in [0.15, 0.2) is 11.5 Å². The van der Waals surface area contributed by atoms with E-state index in [1.165, 1.54) is 6.08 Å². The highest BCUT2D eigenvalue weighted by Gasteiger charge is 2.08. The van der Waals surface area contributed by atoms with Crippen molar-refractivity contribution in [3.63, 3.8) is 0 Å². The van der Waals surface area contributed by atoms with Crippen LogP contribution in [0.3, 0.4) is 0 Å². The molecule has 0 aliphatic rings. The van der Waals surface area contributed by atoms with Gasteiger partial charge in [0.05, 0.1) is 20.8 Å². The SMILES string of the molecule is COc1ccc(CCN(C)C(=O)/C=C/c2cncc(CO)c2)cc1OC.Cl. The number of ether oxygens (including phenoxy) is 2. The summed E-state index contributed by atoms with van der Waals surface area (Å²) < 4.78 is 10.5. The van der Waals surface area contributed by atoms with Gasteiger partial charge in [-0.1, -0.05) is 6.07 Å². The molecule has 0 unspecified atom stereocenters. The third-order valence-electron chi connectivity index (χ3n) is 3.98. The molecule has 0 bridgehead atoms. The van der Waals surface area contributed by atoms with Crippen molar-refractivity contribution < 1.29 is 19.4 Å². The van der Waals surface area contributed by atoms with Crippen LogP contribution in [0.15, 0.2) is 42.7 Å². The van der Waals surface area contributed by atoms with Gasteiger partial charge in [-0.15, -0.1) is 12.4 Å². The Hall–Kier alpha value is -2.57. The van der Waals surface area contributed by atoms with Gasteiger partial charge in [0.1, 0.15) is 0 Å². The normalized spacial score (nSPS) is 10.4. The number of likely N-dealkylation sites (N-methyl/N-ethyl adjacent to an activating group) is 1. The molecule has 1 aromatic carbocycles. The molecule has 0 radical (unpaired) electrons. The largest absolute Gasteiger partial charge is 0.493 e. The second-order valence-corrected chi connectivity index (χ2v) is 5.82. The number of pyridine rings is 1. The second kappa shape index (κ2) is 11.2. The first-order valence-corrected chi connectivity index (χ1v) is 8.26. The summed E-state index contributed by atoms with van der Waals surface area (Å²) in [4.78, 5) is 17.9. The number of halogens is 1. The van der Waals surface area contributed by atoms with E-state index >= 15 is 0 Å². The summed E-state index contributed by atoms with van der Waals surface area (Å²) in [5.41, 5.74) is 2.55. The van der Waals surface area contributed by atoms with Crippen LogP contribution in [0.25, 0.3) is 6.08 Å². The lowest BCUT2D eigenvalue weighted by Crippen LogP contribution is -2.27. The molecule has 2 aromatic rings. The summed E-state index contributed by atoms with van der Waals surface area (Å²) in [6.45, 7) is 0.501. The lowest BCUT2D eigenvalue weighted by molar-refractivity contribution is -0.124. The van der Waals surface area contributed by atoms with E-state index in [-0.39, 0.29) is 24.9 Å². The molecule has 0 atom stereocenters. The first-order valence-electron chi connectivity index (χ1n) is 8.26. The monoisotopic (exact) mass is 392 g/mol. The number of hydrogen-bond acceptors (Lipinski definition) is 5. The Bertz CT molecular complexity index is 780. The highest BCUT2D eigenvalue weighted by Crippen LogP contribution is 2.27. The average molecular weight is 393 g/mol. The number of nitrogens with zero attached hydrogens (tertiary/aromatic N) is 2. The smallest absolute Gasteiger partial charge is 0.246 e. The second-order valence-electron chi connectivity index (χ2n) is 5.82.